The first kappa shape index (κ1) is 8.26. The van der Waals surface area contributed by atoms with Gasteiger partial charge in [-0.3, -0.25) is 0 Å². The lowest BCUT2D eigenvalue weighted by atomic mass is 10.2. The summed E-state index contributed by atoms with van der Waals surface area (Å²) in [5.41, 5.74) is -0.380. The fourth-order valence-electron chi connectivity index (χ4n) is 0.856. The van der Waals surface area contributed by atoms with E-state index in [1.807, 2.05) is 0 Å². The largest absolute Gasteiger partial charge is 0.478 e. The van der Waals surface area contributed by atoms with Crippen molar-refractivity contribution in [1.82, 2.24) is 0 Å². The van der Waals surface area contributed by atoms with Crippen molar-refractivity contribution in [2.45, 2.75) is 0 Å². The lowest BCUT2D eigenvalue weighted by molar-refractivity contribution is 0.0651. The van der Waals surface area contributed by atoms with Crippen molar-refractivity contribution in [3.8, 4) is 0 Å². The Balaban J connectivity index is 3.27. The first-order valence-electron chi connectivity index (χ1n) is 3.18. The highest BCUT2D eigenvalue weighted by Gasteiger charge is 2.13. The van der Waals surface area contributed by atoms with Crippen molar-refractivity contribution in [3.63, 3.8) is 0 Å². The monoisotopic (exact) mass is 168 g/mol. The van der Waals surface area contributed by atoms with E-state index in [9.17, 15) is 9.59 Å². The van der Waals surface area contributed by atoms with Gasteiger partial charge in [-0.15, -0.1) is 0 Å². The maximum Gasteiger partial charge on any atom is 0.336 e. The van der Waals surface area contributed by atoms with E-state index < -0.39 is 11.9 Å². The summed E-state index contributed by atoms with van der Waals surface area (Å²) in [5, 5.41) is 17.1. The summed E-state index contributed by atoms with van der Waals surface area (Å²) in [7, 11) is 0. The van der Waals surface area contributed by atoms with Crippen molar-refractivity contribution in [1.29, 1.82) is 0 Å². The minimum Gasteiger partial charge on any atom is -0.478 e. The molecule has 0 amide bonds. The van der Waals surface area contributed by atoms with Gasteiger partial charge in [0.2, 0.25) is 0 Å². The van der Waals surface area contributed by atoms with Crippen LogP contribution in [0, 0.1) is 0 Å². The van der Waals surface area contributed by atoms with E-state index in [4.69, 9.17) is 10.2 Å². The van der Waals surface area contributed by atoms with Gasteiger partial charge >= 0.3 is 11.9 Å². The van der Waals surface area contributed by atoms with Gasteiger partial charge in [0.1, 0.15) is 0 Å². The van der Waals surface area contributed by atoms with Crippen LogP contribution in [0.2, 0.25) is 0 Å². The number of carboxylic acids is 2. The lowest BCUT2D eigenvalue weighted by Crippen LogP contribution is -2.06. The Morgan fingerprint density at radius 1 is 1.33 bits per heavy atom. The molecule has 0 aliphatic rings. The van der Waals surface area contributed by atoms with Gasteiger partial charge in [-0.05, 0) is 12.1 Å². The number of benzene rings is 1. The summed E-state index contributed by atoms with van der Waals surface area (Å²) >= 11 is 0. The molecule has 0 fully saturated rings. The molecule has 0 saturated carbocycles. The van der Waals surface area contributed by atoms with Gasteiger partial charge in [0.25, 0.3) is 0 Å². The summed E-state index contributed by atoms with van der Waals surface area (Å²) in [6.45, 7) is 0. The van der Waals surface area contributed by atoms with E-state index in [0.717, 1.165) is 0 Å². The molecule has 0 aliphatic heterocycles. The lowest BCUT2D eigenvalue weighted by Gasteiger charge is -1.98. The van der Waals surface area contributed by atoms with Crippen molar-refractivity contribution >= 4 is 11.9 Å². The molecule has 62 valence electrons. The molecule has 4 nitrogen and oxygen atoms in total. The number of carbonyl (C=O) groups is 2. The van der Waals surface area contributed by atoms with Crippen LogP contribution in [0.15, 0.2) is 24.3 Å². The Morgan fingerprint density at radius 2 is 1.92 bits per heavy atom. The SMILES string of the molecule is O=C(O)c1ccccc1[14C](=O)O. The fraction of sp³-hybridized carbons (Fsp3) is 0. The minimum atomic E-state index is -1.23. The predicted octanol–water partition coefficient (Wildman–Crippen LogP) is 1.08. The van der Waals surface area contributed by atoms with Crippen LogP contribution >= 0.6 is 0 Å². The third-order valence-electron chi connectivity index (χ3n) is 1.39. The van der Waals surface area contributed by atoms with Gasteiger partial charge in [0.05, 0.1) is 11.1 Å². The molecule has 0 radical (unpaired) electrons. The predicted molar refractivity (Wildman–Crippen MR) is 40.4 cm³/mol. The Bertz CT molecular complexity index is 297. The van der Waals surface area contributed by atoms with E-state index in [1.165, 1.54) is 24.3 Å². The van der Waals surface area contributed by atoms with Gasteiger partial charge in [0, 0.05) is 0 Å². The van der Waals surface area contributed by atoms with E-state index >= 15 is 0 Å². The quantitative estimate of drug-likeness (QED) is 0.692. The van der Waals surface area contributed by atoms with Crippen LogP contribution in [-0.2, 0) is 0 Å². The minimum absolute atomic E-state index is 0.190. The molecule has 0 saturated heterocycles. The van der Waals surface area contributed by atoms with Crippen LogP contribution in [0.1, 0.15) is 20.7 Å². The molecule has 2 N–H and O–H groups in total. The third kappa shape index (κ3) is 1.42. The summed E-state index contributed by atoms with van der Waals surface area (Å²) in [6.07, 6.45) is 0. The van der Waals surface area contributed by atoms with Crippen LogP contribution in [0.5, 0.6) is 0 Å². The van der Waals surface area contributed by atoms with Crippen LogP contribution in [0.25, 0.3) is 0 Å². The van der Waals surface area contributed by atoms with Crippen LogP contribution in [0.4, 0.5) is 0 Å². The van der Waals surface area contributed by atoms with Gasteiger partial charge in [-0.25, -0.2) is 9.59 Å². The van der Waals surface area contributed by atoms with Gasteiger partial charge < -0.3 is 10.2 Å². The molecule has 1 aromatic carbocycles. The molecular formula is C8H6O4. The highest BCUT2D eigenvalue weighted by atomic mass is 16.6. The Labute approximate surface area is 68.1 Å². The molecule has 0 heterocycles. The topological polar surface area (TPSA) is 74.6 Å². The van der Waals surface area contributed by atoms with E-state index in [0.29, 0.717) is 0 Å². The Kier molecular flexibility index (Phi) is 2.09. The first-order chi connectivity index (χ1) is 5.63. The van der Waals surface area contributed by atoms with Gasteiger partial charge in [-0.2, -0.15) is 0 Å². The highest BCUT2D eigenvalue weighted by molar-refractivity contribution is 6.01. The smallest absolute Gasteiger partial charge is 0.336 e. The zero-order valence-corrected chi connectivity index (χ0v) is 6.02. The molecule has 0 spiro atoms. The zero-order valence-electron chi connectivity index (χ0n) is 6.02. The van der Waals surface area contributed by atoms with Gasteiger partial charge in [-0.1, -0.05) is 12.1 Å². The Hall–Kier alpha value is -1.84. The summed E-state index contributed by atoms with van der Waals surface area (Å²) in [5.74, 6) is -2.46. The molecular weight excluding hydrogens is 162 g/mol. The third-order valence-corrected chi connectivity index (χ3v) is 1.39. The van der Waals surface area contributed by atoms with Gasteiger partial charge in [0.15, 0.2) is 0 Å². The second-order valence-electron chi connectivity index (χ2n) is 2.16. The molecule has 0 aromatic heterocycles. The highest BCUT2D eigenvalue weighted by Crippen LogP contribution is 2.07. The molecule has 12 heavy (non-hydrogen) atoms. The summed E-state index contributed by atoms with van der Waals surface area (Å²) < 4.78 is 0. The molecule has 0 unspecified atom stereocenters. The normalized spacial score (nSPS) is 9.33. The van der Waals surface area contributed by atoms with Crippen LogP contribution in [0.3, 0.4) is 0 Å². The number of hydrogen-bond donors (Lipinski definition) is 2. The Morgan fingerprint density at radius 3 is 2.33 bits per heavy atom. The average Bonchev–Trinajstić information content (AvgIpc) is 2.04. The number of aromatic carboxylic acids is 2. The summed E-state index contributed by atoms with van der Waals surface area (Å²) in [6, 6.07) is 5.48. The van der Waals surface area contributed by atoms with Crippen LogP contribution in [-0.4, -0.2) is 22.2 Å². The molecule has 4 heteroatoms. The van der Waals surface area contributed by atoms with E-state index in [-0.39, 0.29) is 11.1 Å². The first-order valence-corrected chi connectivity index (χ1v) is 3.18. The van der Waals surface area contributed by atoms with E-state index in [2.05, 4.69) is 0 Å². The molecule has 0 aliphatic carbocycles. The second kappa shape index (κ2) is 3.04. The van der Waals surface area contributed by atoms with E-state index in [1.54, 1.807) is 0 Å². The zero-order chi connectivity index (χ0) is 9.14. The second-order valence-corrected chi connectivity index (χ2v) is 2.16. The number of carboxylic acid groups (broad SMARTS) is 2. The average molecular weight is 168 g/mol. The number of hydrogen-bond acceptors (Lipinski definition) is 2. The maximum atomic E-state index is 10.5. The van der Waals surface area contributed by atoms with Crippen molar-refractivity contribution in [2.24, 2.45) is 0 Å². The molecule has 1 aromatic rings. The van der Waals surface area contributed by atoms with Crippen molar-refractivity contribution < 1.29 is 19.8 Å². The van der Waals surface area contributed by atoms with Crippen molar-refractivity contribution in [2.75, 3.05) is 0 Å². The summed E-state index contributed by atoms with van der Waals surface area (Å²) in [4.78, 5) is 20.9. The standard InChI is InChI=1S/C8H6O4/c9-7(10)5-3-1-2-4-6(5)8(11)12/h1-4H,(H,9,10)(H,11,12)/i7+2. The molecule has 1 rings (SSSR count). The van der Waals surface area contributed by atoms with Crippen LogP contribution < -0.4 is 0 Å². The molecule has 0 atom stereocenters. The maximum absolute atomic E-state index is 10.5. The fourth-order valence-corrected chi connectivity index (χ4v) is 0.856. The van der Waals surface area contributed by atoms with Crippen molar-refractivity contribution in [3.05, 3.63) is 35.4 Å². The number of rotatable bonds is 2. The molecule has 0 bridgehead atoms.